The number of fused-ring (bicyclic) bond motifs is 1. The maximum Gasteiger partial charge on any atom is 0.122 e. The van der Waals surface area contributed by atoms with Crippen LogP contribution in [0.5, 0.6) is 5.75 Å². The highest BCUT2D eigenvalue weighted by molar-refractivity contribution is 6.30. The molecule has 1 unspecified atom stereocenters. The van der Waals surface area contributed by atoms with Crippen LogP contribution in [0.1, 0.15) is 34.8 Å². The van der Waals surface area contributed by atoms with Crippen molar-refractivity contribution in [1.29, 1.82) is 0 Å². The van der Waals surface area contributed by atoms with Gasteiger partial charge in [0, 0.05) is 5.02 Å². The van der Waals surface area contributed by atoms with E-state index in [9.17, 15) is 5.11 Å². The standard InChI is InChI=1S/C17H17ClO2/c1-11-7-14(10-15(18)8-11)17(19)13-4-5-16-12(9-13)3-2-6-20-16/h4-5,7-10,17,19H,2-3,6H2,1H3. The second-order valence-electron chi connectivity index (χ2n) is 5.28. The number of hydrogen-bond acceptors (Lipinski definition) is 2. The Hall–Kier alpha value is -1.51. The first-order valence-electron chi connectivity index (χ1n) is 6.84. The minimum atomic E-state index is -0.653. The predicted molar refractivity (Wildman–Crippen MR) is 80.5 cm³/mol. The summed E-state index contributed by atoms with van der Waals surface area (Å²) >= 11 is 6.07. The summed E-state index contributed by atoms with van der Waals surface area (Å²) in [6, 6.07) is 11.6. The zero-order valence-electron chi connectivity index (χ0n) is 11.4. The molecule has 2 aromatic carbocycles. The van der Waals surface area contributed by atoms with Gasteiger partial charge < -0.3 is 9.84 Å². The van der Waals surface area contributed by atoms with Crippen molar-refractivity contribution in [2.24, 2.45) is 0 Å². The zero-order valence-corrected chi connectivity index (χ0v) is 12.2. The van der Waals surface area contributed by atoms with Crippen molar-refractivity contribution in [2.75, 3.05) is 6.61 Å². The fraction of sp³-hybridized carbons (Fsp3) is 0.294. The number of aliphatic hydroxyl groups excluding tert-OH is 1. The highest BCUT2D eigenvalue weighted by atomic mass is 35.5. The molecule has 3 rings (SSSR count). The summed E-state index contributed by atoms with van der Waals surface area (Å²) in [5.74, 6) is 0.939. The first kappa shape index (κ1) is 13.5. The van der Waals surface area contributed by atoms with Crippen LogP contribution in [-0.2, 0) is 6.42 Å². The third-order valence-corrected chi connectivity index (χ3v) is 3.85. The molecule has 0 bridgehead atoms. The molecule has 1 aliphatic rings. The number of benzene rings is 2. The van der Waals surface area contributed by atoms with Gasteiger partial charge in [0.05, 0.1) is 6.61 Å². The molecule has 0 fully saturated rings. The molecule has 0 radical (unpaired) electrons. The minimum Gasteiger partial charge on any atom is -0.493 e. The number of aryl methyl sites for hydroxylation is 2. The van der Waals surface area contributed by atoms with Crippen LogP contribution in [0.2, 0.25) is 5.02 Å². The average molecular weight is 289 g/mol. The third kappa shape index (κ3) is 2.67. The molecule has 0 saturated carbocycles. The van der Waals surface area contributed by atoms with Crippen molar-refractivity contribution in [2.45, 2.75) is 25.9 Å². The second-order valence-corrected chi connectivity index (χ2v) is 5.72. The molecule has 20 heavy (non-hydrogen) atoms. The topological polar surface area (TPSA) is 29.5 Å². The Morgan fingerprint density at radius 2 is 2.00 bits per heavy atom. The van der Waals surface area contributed by atoms with Crippen LogP contribution in [0, 0.1) is 6.92 Å². The molecule has 2 nitrogen and oxygen atoms in total. The van der Waals surface area contributed by atoms with E-state index in [0.29, 0.717) is 5.02 Å². The van der Waals surface area contributed by atoms with E-state index in [0.717, 1.165) is 41.9 Å². The van der Waals surface area contributed by atoms with Gasteiger partial charge in [-0.25, -0.2) is 0 Å². The highest BCUT2D eigenvalue weighted by Crippen LogP contribution is 2.31. The van der Waals surface area contributed by atoms with Gasteiger partial charge in [0.2, 0.25) is 0 Å². The summed E-state index contributed by atoms with van der Waals surface area (Å²) in [5, 5.41) is 11.2. The smallest absolute Gasteiger partial charge is 0.122 e. The van der Waals surface area contributed by atoms with Gasteiger partial charge in [0.25, 0.3) is 0 Å². The van der Waals surface area contributed by atoms with Crippen molar-refractivity contribution in [3.63, 3.8) is 0 Å². The van der Waals surface area contributed by atoms with Crippen molar-refractivity contribution >= 4 is 11.6 Å². The molecule has 0 saturated heterocycles. The number of aliphatic hydroxyl groups is 1. The van der Waals surface area contributed by atoms with E-state index in [2.05, 4.69) is 0 Å². The Balaban J connectivity index is 1.95. The van der Waals surface area contributed by atoms with E-state index in [1.165, 1.54) is 5.56 Å². The van der Waals surface area contributed by atoms with Crippen molar-refractivity contribution in [3.05, 3.63) is 63.7 Å². The summed E-state index contributed by atoms with van der Waals surface area (Å²) in [5.41, 5.74) is 3.93. The van der Waals surface area contributed by atoms with Crippen molar-refractivity contribution < 1.29 is 9.84 Å². The van der Waals surface area contributed by atoms with Crippen LogP contribution in [0.4, 0.5) is 0 Å². The fourth-order valence-corrected chi connectivity index (χ4v) is 2.96. The van der Waals surface area contributed by atoms with E-state index < -0.39 is 6.10 Å². The fourth-order valence-electron chi connectivity index (χ4n) is 2.67. The Kier molecular flexibility index (Phi) is 3.68. The summed E-state index contributed by atoms with van der Waals surface area (Å²) in [6.45, 7) is 2.76. The SMILES string of the molecule is Cc1cc(Cl)cc(C(O)c2ccc3c(c2)CCCO3)c1. The number of hydrogen-bond donors (Lipinski definition) is 1. The monoisotopic (exact) mass is 288 g/mol. The summed E-state index contributed by atoms with van der Waals surface area (Å²) in [4.78, 5) is 0. The highest BCUT2D eigenvalue weighted by Gasteiger charge is 2.16. The third-order valence-electron chi connectivity index (χ3n) is 3.63. The molecule has 0 spiro atoms. The van der Waals surface area contributed by atoms with Crippen LogP contribution in [0.15, 0.2) is 36.4 Å². The minimum absolute atomic E-state index is 0.653. The molecular weight excluding hydrogens is 272 g/mol. The predicted octanol–water partition coefficient (Wildman–Crippen LogP) is 4.06. The van der Waals surface area contributed by atoms with Gasteiger partial charge >= 0.3 is 0 Å². The molecule has 0 aromatic heterocycles. The molecule has 1 aliphatic heterocycles. The van der Waals surface area contributed by atoms with Gasteiger partial charge in [-0.2, -0.15) is 0 Å². The van der Waals surface area contributed by atoms with Gasteiger partial charge in [-0.15, -0.1) is 0 Å². The molecule has 0 aliphatic carbocycles. The van der Waals surface area contributed by atoms with Crippen molar-refractivity contribution in [1.82, 2.24) is 0 Å². The molecule has 3 heteroatoms. The van der Waals surface area contributed by atoms with E-state index in [1.54, 1.807) is 0 Å². The lowest BCUT2D eigenvalue weighted by atomic mass is 9.96. The Morgan fingerprint density at radius 1 is 1.15 bits per heavy atom. The number of ether oxygens (including phenoxy) is 1. The molecule has 104 valence electrons. The lowest BCUT2D eigenvalue weighted by molar-refractivity contribution is 0.219. The number of rotatable bonds is 2. The quantitative estimate of drug-likeness (QED) is 0.903. The van der Waals surface area contributed by atoms with Gasteiger partial charge in [0.15, 0.2) is 0 Å². The summed E-state index contributed by atoms with van der Waals surface area (Å²) in [6.07, 6.45) is 1.38. The Bertz CT molecular complexity index is 617. The molecule has 2 aromatic rings. The molecule has 1 atom stereocenters. The summed E-state index contributed by atoms with van der Waals surface area (Å²) in [7, 11) is 0. The van der Waals surface area contributed by atoms with Crippen LogP contribution in [0.3, 0.4) is 0 Å². The first-order valence-corrected chi connectivity index (χ1v) is 7.22. The first-order chi connectivity index (χ1) is 9.63. The normalized spacial score (nSPS) is 15.3. The van der Waals surface area contributed by atoms with E-state index in [1.807, 2.05) is 43.3 Å². The number of halogens is 1. The Labute approximate surface area is 124 Å². The average Bonchev–Trinajstić information content (AvgIpc) is 2.45. The van der Waals surface area contributed by atoms with Crippen molar-refractivity contribution in [3.8, 4) is 5.75 Å². The summed E-state index contributed by atoms with van der Waals surface area (Å²) < 4.78 is 5.60. The van der Waals surface area contributed by atoms with Gasteiger partial charge in [-0.1, -0.05) is 23.7 Å². The van der Waals surface area contributed by atoms with Crippen LogP contribution < -0.4 is 4.74 Å². The van der Waals surface area contributed by atoms with Gasteiger partial charge in [0.1, 0.15) is 11.9 Å². The Morgan fingerprint density at radius 3 is 2.80 bits per heavy atom. The molecule has 0 amide bonds. The zero-order chi connectivity index (χ0) is 14.1. The largest absolute Gasteiger partial charge is 0.493 e. The molecular formula is C17H17ClO2. The molecule has 1 heterocycles. The van der Waals surface area contributed by atoms with Crippen LogP contribution in [0.25, 0.3) is 0 Å². The lowest BCUT2D eigenvalue weighted by Crippen LogP contribution is -2.09. The molecule has 1 N–H and O–H groups in total. The van der Waals surface area contributed by atoms with E-state index >= 15 is 0 Å². The van der Waals surface area contributed by atoms with E-state index in [-0.39, 0.29) is 0 Å². The maximum atomic E-state index is 10.5. The van der Waals surface area contributed by atoms with Gasteiger partial charge in [-0.05, 0) is 66.3 Å². The van der Waals surface area contributed by atoms with Gasteiger partial charge in [-0.3, -0.25) is 0 Å². The lowest BCUT2D eigenvalue weighted by Gasteiger charge is -2.20. The second kappa shape index (κ2) is 5.47. The maximum absolute atomic E-state index is 10.5. The van der Waals surface area contributed by atoms with Crippen LogP contribution in [-0.4, -0.2) is 11.7 Å². The van der Waals surface area contributed by atoms with Crippen LogP contribution >= 0.6 is 11.6 Å². The van der Waals surface area contributed by atoms with E-state index in [4.69, 9.17) is 16.3 Å².